The summed E-state index contributed by atoms with van der Waals surface area (Å²) in [4.78, 5) is 9.67. The van der Waals surface area contributed by atoms with Crippen LogP contribution in [0.2, 0.25) is 0 Å². The molecule has 0 heterocycles. The van der Waals surface area contributed by atoms with E-state index in [9.17, 15) is 23.6 Å². The molecule has 2 rings (SSSR count). The first-order valence-electron chi connectivity index (χ1n) is 4.68. The number of phenolic OH excluding ortho intramolecular Hbond substituents is 1. The highest BCUT2D eigenvalue weighted by Gasteiger charge is 2.19. The van der Waals surface area contributed by atoms with Gasteiger partial charge in [0.25, 0.3) is 10.1 Å². The van der Waals surface area contributed by atoms with E-state index < -0.39 is 26.5 Å². The second-order valence-electron chi connectivity index (χ2n) is 3.55. The summed E-state index contributed by atoms with van der Waals surface area (Å²) < 4.78 is 30.7. The Morgan fingerprint density at radius 1 is 1.17 bits per heavy atom. The van der Waals surface area contributed by atoms with Crippen molar-refractivity contribution in [1.29, 1.82) is 0 Å². The topological polar surface area (TPSA) is 118 Å². The van der Waals surface area contributed by atoms with Crippen LogP contribution in [0.25, 0.3) is 10.8 Å². The van der Waals surface area contributed by atoms with Gasteiger partial charge in [-0.05, 0) is 29.7 Å². The number of hydrogen-bond acceptors (Lipinski definition) is 5. The van der Waals surface area contributed by atoms with E-state index in [2.05, 4.69) is 0 Å². The number of phenols is 1. The standard InChI is InChI=1S/C10H7NO6S/c12-9-4-1-6-5-7(18(15,16)17)2-3-8(6)10(9)11(13)14/h1-5,12H,(H,15,16,17). The van der Waals surface area contributed by atoms with Crippen LogP contribution in [0.3, 0.4) is 0 Å². The first-order chi connectivity index (χ1) is 8.30. The Morgan fingerprint density at radius 2 is 1.83 bits per heavy atom. The Labute approximate surface area is 101 Å². The molecule has 0 saturated carbocycles. The first-order valence-corrected chi connectivity index (χ1v) is 6.12. The van der Waals surface area contributed by atoms with E-state index in [-0.39, 0.29) is 15.7 Å². The maximum atomic E-state index is 10.9. The summed E-state index contributed by atoms with van der Waals surface area (Å²) in [6, 6.07) is 5.71. The van der Waals surface area contributed by atoms with Gasteiger partial charge in [0.2, 0.25) is 0 Å². The molecule has 8 heteroatoms. The second kappa shape index (κ2) is 3.93. The molecule has 0 aliphatic heterocycles. The molecule has 0 fully saturated rings. The number of benzene rings is 2. The van der Waals surface area contributed by atoms with E-state index >= 15 is 0 Å². The van der Waals surface area contributed by atoms with Crippen LogP contribution in [0.4, 0.5) is 5.69 Å². The molecule has 0 unspecified atom stereocenters. The summed E-state index contributed by atoms with van der Waals surface area (Å²) in [5.74, 6) is -0.507. The number of fused-ring (bicyclic) bond motifs is 1. The van der Waals surface area contributed by atoms with Crippen LogP contribution >= 0.6 is 0 Å². The molecule has 0 saturated heterocycles. The SMILES string of the molecule is O=[N+]([O-])c1c(O)ccc2cc(S(=O)(=O)O)ccc12. The molecule has 2 N–H and O–H groups in total. The molecule has 2 aromatic carbocycles. The number of hydrogen-bond donors (Lipinski definition) is 2. The van der Waals surface area contributed by atoms with Crippen molar-refractivity contribution in [1.82, 2.24) is 0 Å². The number of nitro groups is 1. The summed E-state index contributed by atoms with van der Waals surface area (Å²) in [7, 11) is -4.37. The lowest BCUT2D eigenvalue weighted by Gasteiger charge is -2.03. The van der Waals surface area contributed by atoms with Crippen molar-refractivity contribution in [3.63, 3.8) is 0 Å². The third-order valence-electron chi connectivity index (χ3n) is 2.42. The Hall–Kier alpha value is -2.19. The molecule has 94 valence electrons. The van der Waals surface area contributed by atoms with Gasteiger partial charge >= 0.3 is 5.69 Å². The molecule has 18 heavy (non-hydrogen) atoms. The van der Waals surface area contributed by atoms with Crippen molar-refractivity contribution in [2.45, 2.75) is 4.90 Å². The summed E-state index contributed by atoms with van der Waals surface area (Å²) in [5.41, 5.74) is -0.505. The van der Waals surface area contributed by atoms with Crippen LogP contribution in [0.5, 0.6) is 5.75 Å². The van der Waals surface area contributed by atoms with Gasteiger partial charge in [-0.3, -0.25) is 14.7 Å². The van der Waals surface area contributed by atoms with Gasteiger partial charge in [0, 0.05) is 0 Å². The van der Waals surface area contributed by atoms with Crippen LogP contribution in [-0.4, -0.2) is 23.0 Å². The number of aromatic hydroxyl groups is 1. The predicted molar refractivity (Wildman–Crippen MR) is 62.1 cm³/mol. The fourth-order valence-electron chi connectivity index (χ4n) is 1.63. The van der Waals surface area contributed by atoms with Gasteiger partial charge in [0.15, 0.2) is 5.75 Å². The molecule has 2 aromatic rings. The molecule has 0 aliphatic rings. The van der Waals surface area contributed by atoms with E-state index in [1.54, 1.807) is 0 Å². The van der Waals surface area contributed by atoms with Crippen molar-refractivity contribution in [2.75, 3.05) is 0 Å². The van der Waals surface area contributed by atoms with Crippen molar-refractivity contribution in [3.05, 3.63) is 40.4 Å². The zero-order valence-electron chi connectivity index (χ0n) is 8.77. The number of rotatable bonds is 2. The van der Waals surface area contributed by atoms with Gasteiger partial charge in [-0.1, -0.05) is 6.07 Å². The largest absolute Gasteiger partial charge is 0.502 e. The Balaban J connectivity index is 2.84. The molecule has 0 bridgehead atoms. The molecule has 7 nitrogen and oxygen atoms in total. The third-order valence-corrected chi connectivity index (χ3v) is 3.27. The molecule has 0 amide bonds. The van der Waals surface area contributed by atoms with Crippen LogP contribution in [0.15, 0.2) is 35.2 Å². The maximum absolute atomic E-state index is 10.9. The highest BCUT2D eigenvalue weighted by atomic mass is 32.2. The van der Waals surface area contributed by atoms with Crippen molar-refractivity contribution < 1.29 is 23.0 Å². The molecular weight excluding hydrogens is 262 g/mol. The normalized spacial score (nSPS) is 11.6. The minimum atomic E-state index is -4.37. The maximum Gasteiger partial charge on any atom is 0.318 e. The van der Waals surface area contributed by atoms with E-state index in [0.29, 0.717) is 0 Å². The molecule has 0 atom stereocenters. The Kier molecular flexibility index (Phi) is 2.68. The van der Waals surface area contributed by atoms with Gasteiger partial charge in [-0.2, -0.15) is 8.42 Å². The minimum Gasteiger partial charge on any atom is -0.502 e. The molecule has 0 spiro atoms. The van der Waals surface area contributed by atoms with E-state index in [0.717, 1.165) is 24.3 Å². The fourth-order valence-corrected chi connectivity index (χ4v) is 2.15. The van der Waals surface area contributed by atoms with Crippen LogP contribution in [-0.2, 0) is 10.1 Å². The average Bonchev–Trinajstić information content (AvgIpc) is 2.26. The van der Waals surface area contributed by atoms with Gasteiger partial charge < -0.3 is 5.11 Å². The fraction of sp³-hybridized carbons (Fsp3) is 0. The summed E-state index contributed by atoms with van der Waals surface area (Å²) in [6.45, 7) is 0. The van der Waals surface area contributed by atoms with E-state index in [1.807, 2.05) is 0 Å². The lowest BCUT2D eigenvalue weighted by atomic mass is 10.1. The van der Waals surface area contributed by atoms with Gasteiger partial charge in [0.05, 0.1) is 15.2 Å². The second-order valence-corrected chi connectivity index (χ2v) is 4.97. The summed E-state index contributed by atoms with van der Waals surface area (Å²) in [5, 5.41) is 20.5. The van der Waals surface area contributed by atoms with E-state index in [4.69, 9.17) is 4.55 Å². The highest BCUT2D eigenvalue weighted by molar-refractivity contribution is 7.85. The zero-order chi connectivity index (χ0) is 13.5. The zero-order valence-corrected chi connectivity index (χ0v) is 9.59. The average molecular weight is 269 g/mol. The van der Waals surface area contributed by atoms with Crippen LogP contribution < -0.4 is 0 Å². The molecular formula is C10H7NO6S. The number of nitro benzene ring substituents is 1. The molecule has 0 aromatic heterocycles. The van der Waals surface area contributed by atoms with Crippen molar-refractivity contribution in [3.8, 4) is 5.75 Å². The van der Waals surface area contributed by atoms with Crippen LogP contribution in [0.1, 0.15) is 0 Å². The molecule has 0 radical (unpaired) electrons. The van der Waals surface area contributed by atoms with Gasteiger partial charge in [-0.25, -0.2) is 0 Å². The smallest absolute Gasteiger partial charge is 0.318 e. The summed E-state index contributed by atoms with van der Waals surface area (Å²) in [6.07, 6.45) is 0. The van der Waals surface area contributed by atoms with Crippen molar-refractivity contribution in [2.24, 2.45) is 0 Å². The third kappa shape index (κ3) is 1.98. The van der Waals surface area contributed by atoms with Gasteiger partial charge in [0.1, 0.15) is 0 Å². The minimum absolute atomic E-state index is 0.0902. The van der Waals surface area contributed by atoms with E-state index in [1.165, 1.54) is 6.07 Å². The lowest BCUT2D eigenvalue weighted by molar-refractivity contribution is -0.384. The quantitative estimate of drug-likeness (QED) is 0.486. The number of nitrogens with zero attached hydrogens (tertiary/aromatic N) is 1. The Morgan fingerprint density at radius 3 is 2.39 bits per heavy atom. The van der Waals surface area contributed by atoms with Crippen LogP contribution in [0, 0.1) is 10.1 Å². The molecule has 0 aliphatic carbocycles. The summed E-state index contributed by atoms with van der Waals surface area (Å²) >= 11 is 0. The van der Waals surface area contributed by atoms with Crippen molar-refractivity contribution >= 4 is 26.6 Å². The first kappa shape index (κ1) is 12.3. The monoisotopic (exact) mass is 269 g/mol. The van der Waals surface area contributed by atoms with Gasteiger partial charge in [-0.15, -0.1) is 0 Å². The predicted octanol–water partition coefficient (Wildman–Crippen LogP) is 1.70. The lowest BCUT2D eigenvalue weighted by Crippen LogP contribution is -1.98. The Bertz CT molecular complexity index is 752. The highest BCUT2D eigenvalue weighted by Crippen LogP contribution is 2.35.